The van der Waals surface area contributed by atoms with Crippen LogP contribution in [0.3, 0.4) is 0 Å². The van der Waals surface area contributed by atoms with Crippen molar-refractivity contribution in [3.63, 3.8) is 0 Å². The third-order valence-electron chi connectivity index (χ3n) is 3.72. The number of aryl methyl sites for hydroxylation is 1. The van der Waals surface area contributed by atoms with Crippen LogP contribution in [0.15, 0.2) is 0 Å². The van der Waals surface area contributed by atoms with Crippen molar-refractivity contribution >= 4 is 17.3 Å². The molecule has 4 nitrogen and oxygen atoms in total. The van der Waals surface area contributed by atoms with Crippen molar-refractivity contribution in [2.75, 3.05) is 6.61 Å². The van der Waals surface area contributed by atoms with Gasteiger partial charge in [0.2, 0.25) is 0 Å². The third-order valence-corrected chi connectivity index (χ3v) is 5.07. The summed E-state index contributed by atoms with van der Waals surface area (Å²) in [6.45, 7) is 6.27. The quantitative estimate of drug-likeness (QED) is 0.866. The van der Waals surface area contributed by atoms with E-state index in [0.717, 1.165) is 30.0 Å². The highest BCUT2D eigenvalue weighted by Gasteiger charge is 2.36. The molecule has 0 saturated heterocycles. The number of carbonyl (C=O) groups is 1. The number of hydrogen-bond acceptors (Lipinski definition) is 5. The zero-order chi connectivity index (χ0) is 14.0. The number of hydrogen-bond donors (Lipinski definition) is 1. The first kappa shape index (κ1) is 14.5. The molecule has 1 fully saturated rings. The van der Waals surface area contributed by atoms with E-state index in [2.05, 4.69) is 11.9 Å². The van der Waals surface area contributed by atoms with Gasteiger partial charge in [-0.25, -0.2) is 9.78 Å². The average molecular weight is 282 g/mol. The van der Waals surface area contributed by atoms with Gasteiger partial charge in [-0.05, 0) is 32.6 Å². The highest BCUT2D eigenvalue weighted by atomic mass is 32.1. The van der Waals surface area contributed by atoms with E-state index >= 15 is 0 Å². The average Bonchev–Trinajstić information content (AvgIpc) is 2.72. The van der Waals surface area contributed by atoms with Gasteiger partial charge in [-0.2, -0.15) is 0 Å². The number of nitrogens with two attached hydrogens (primary N) is 1. The summed E-state index contributed by atoms with van der Waals surface area (Å²) in [4.78, 5) is 17.0. The highest BCUT2D eigenvalue weighted by Crippen LogP contribution is 2.40. The lowest BCUT2D eigenvalue weighted by Gasteiger charge is -2.35. The van der Waals surface area contributed by atoms with Gasteiger partial charge in [-0.3, -0.25) is 0 Å². The molecule has 0 spiro atoms. The van der Waals surface area contributed by atoms with Gasteiger partial charge in [0.05, 0.1) is 17.8 Å². The number of carbonyl (C=O) groups excluding carboxylic acids is 1. The van der Waals surface area contributed by atoms with Crippen LogP contribution in [0.2, 0.25) is 0 Å². The summed E-state index contributed by atoms with van der Waals surface area (Å²) in [5.74, 6) is 0.338. The lowest BCUT2D eigenvalue weighted by Crippen LogP contribution is -2.40. The molecule has 1 aromatic rings. The van der Waals surface area contributed by atoms with Gasteiger partial charge in [0.15, 0.2) is 0 Å². The summed E-state index contributed by atoms with van der Waals surface area (Å²) in [7, 11) is 0. The number of thiazole rings is 1. The van der Waals surface area contributed by atoms with E-state index in [1.807, 2.05) is 13.8 Å². The first-order valence-corrected chi connectivity index (χ1v) is 7.72. The predicted molar refractivity (Wildman–Crippen MR) is 76.3 cm³/mol. The Bertz CT molecular complexity index is 472. The Labute approximate surface area is 118 Å². The molecule has 0 bridgehead atoms. The summed E-state index contributed by atoms with van der Waals surface area (Å²) in [5, 5.41) is 0.889. The number of esters is 1. The summed E-state index contributed by atoms with van der Waals surface area (Å²) in [6.07, 6.45) is 4.26. The first-order valence-electron chi connectivity index (χ1n) is 6.90. The lowest BCUT2D eigenvalue weighted by atomic mass is 9.77. The Morgan fingerprint density at radius 3 is 3.00 bits per heavy atom. The lowest BCUT2D eigenvalue weighted by molar-refractivity contribution is 0.0531. The molecule has 1 aliphatic carbocycles. The molecule has 1 heterocycles. The first-order chi connectivity index (χ1) is 8.96. The van der Waals surface area contributed by atoms with E-state index in [1.165, 1.54) is 17.8 Å². The second-order valence-corrected chi connectivity index (χ2v) is 6.51. The van der Waals surface area contributed by atoms with Crippen molar-refractivity contribution in [3.05, 3.63) is 15.6 Å². The van der Waals surface area contributed by atoms with Gasteiger partial charge in [0.25, 0.3) is 0 Å². The monoisotopic (exact) mass is 282 g/mol. The van der Waals surface area contributed by atoms with E-state index in [1.54, 1.807) is 0 Å². The van der Waals surface area contributed by atoms with Crippen LogP contribution < -0.4 is 5.73 Å². The van der Waals surface area contributed by atoms with Crippen LogP contribution in [0.25, 0.3) is 0 Å². The predicted octanol–water partition coefficient (Wildman–Crippen LogP) is 2.99. The van der Waals surface area contributed by atoms with Gasteiger partial charge >= 0.3 is 5.97 Å². The van der Waals surface area contributed by atoms with Crippen molar-refractivity contribution in [2.24, 2.45) is 11.7 Å². The SMILES string of the molecule is CCOC(=O)c1sc(C2(N)CCCC(C)C2)nc1C. The van der Waals surface area contributed by atoms with E-state index < -0.39 is 0 Å². The van der Waals surface area contributed by atoms with Crippen molar-refractivity contribution in [1.29, 1.82) is 0 Å². The molecule has 106 valence electrons. The zero-order valence-corrected chi connectivity index (χ0v) is 12.7. The number of aromatic nitrogens is 1. The van der Waals surface area contributed by atoms with Crippen LogP contribution in [0, 0.1) is 12.8 Å². The maximum Gasteiger partial charge on any atom is 0.350 e. The summed E-state index contributed by atoms with van der Waals surface area (Å²) >= 11 is 1.40. The molecule has 1 saturated carbocycles. The fourth-order valence-electron chi connectivity index (χ4n) is 2.78. The molecular formula is C14H22N2O2S. The molecule has 2 atom stereocenters. The maximum atomic E-state index is 11.8. The Morgan fingerprint density at radius 1 is 1.63 bits per heavy atom. The minimum Gasteiger partial charge on any atom is -0.462 e. The second kappa shape index (κ2) is 5.59. The van der Waals surface area contributed by atoms with Crippen LogP contribution >= 0.6 is 11.3 Å². The second-order valence-electron chi connectivity index (χ2n) is 5.51. The van der Waals surface area contributed by atoms with E-state index in [0.29, 0.717) is 17.4 Å². The molecule has 19 heavy (non-hydrogen) atoms. The molecule has 1 aromatic heterocycles. The molecule has 2 unspecified atom stereocenters. The number of rotatable bonds is 3. The van der Waals surface area contributed by atoms with Crippen molar-refractivity contribution in [1.82, 2.24) is 4.98 Å². The Balaban J connectivity index is 2.26. The minimum atomic E-state index is -0.363. The minimum absolute atomic E-state index is 0.281. The van der Waals surface area contributed by atoms with Crippen LogP contribution in [-0.2, 0) is 10.3 Å². The Morgan fingerprint density at radius 2 is 2.37 bits per heavy atom. The van der Waals surface area contributed by atoms with Gasteiger partial charge in [0.1, 0.15) is 9.88 Å². The van der Waals surface area contributed by atoms with Crippen molar-refractivity contribution in [3.8, 4) is 0 Å². The Kier molecular flexibility index (Phi) is 4.26. The van der Waals surface area contributed by atoms with E-state index in [9.17, 15) is 4.79 Å². The van der Waals surface area contributed by atoms with E-state index in [-0.39, 0.29) is 11.5 Å². The van der Waals surface area contributed by atoms with Gasteiger partial charge in [-0.15, -0.1) is 11.3 Å². The van der Waals surface area contributed by atoms with Crippen LogP contribution in [0.1, 0.15) is 59.9 Å². The normalized spacial score (nSPS) is 27.3. The molecule has 5 heteroatoms. The highest BCUT2D eigenvalue weighted by molar-refractivity contribution is 7.13. The summed E-state index contributed by atoms with van der Waals surface area (Å²) < 4.78 is 5.05. The van der Waals surface area contributed by atoms with Crippen LogP contribution in [0.5, 0.6) is 0 Å². The molecule has 0 amide bonds. The number of ether oxygens (including phenoxy) is 1. The molecule has 0 radical (unpaired) electrons. The number of nitrogens with zero attached hydrogens (tertiary/aromatic N) is 1. The zero-order valence-electron chi connectivity index (χ0n) is 11.9. The molecular weight excluding hydrogens is 260 g/mol. The standard InChI is InChI=1S/C14H22N2O2S/c1-4-18-12(17)11-10(3)16-13(19-11)14(15)7-5-6-9(2)8-14/h9H,4-8,15H2,1-3H3. The summed E-state index contributed by atoms with van der Waals surface area (Å²) in [5.41, 5.74) is 6.90. The fraction of sp³-hybridized carbons (Fsp3) is 0.714. The topological polar surface area (TPSA) is 65.2 Å². The molecule has 2 N–H and O–H groups in total. The van der Waals surface area contributed by atoms with Crippen LogP contribution in [0.4, 0.5) is 0 Å². The van der Waals surface area contributed by atoms with Crippen molar-refractivity contribution < 1.29 is 9.53 Å². The largest absolute Gasteiger partial charge is 0.462 e. The van der Waals surface area contributed by atoms with E-state index in [4.69, 9.17) is 10.5 Å². The molecule has 2 rings (SSSR count). The smallest absolute Gasteiger partial charge is 0.350 e. The van der Waals surface area contributed by atoms with Crippen LogP contribution in [-0.4, -0.2) is 17.6 Å². The Hall–Kier alpha value is -0.940. The van der Waals surface area contributed by atoms with Crippen molar-refractivity contribution in [2.45, 2.75) is 52.0 Å². The fourth-order valence-corrected chi connectivity index (χ4v) is 3.88. The van der Waals surface area contributed by atoms with Gasteiger partial charge in [0, 0.05) is 0 Å². The van der Waals surface area contributed by atoms with Gasteiger partial charge in [-0.1, -0.05) is 19.8 Å². The molecule has 1 aliphatic rings. The summed E-state index contributed by atoms with van der Waals surface area (Å²) in [6, 6.07) is 0. The maximum absolute atomic E-state index is 11.8. The van der Waals surface area contributed by atoms with Gasteiger partial charge < -0.3 is 10.5 Å². The molecule has 0 aromatic carbocycles. The third kappa shape index (κ3) is 2.98. The molecule has 0 aliphatic heterocycles.